The Morgan fingerprint density at radius 3 is 2.09 bits per heavy atom. The first-order chi connectivity index (χ1) is 15.8. The van der Waals surface area contributed by atoms with Gasteiger partial charge in [0.2, 0.25) is 0 Å². The van der Waals surface area contributed by atoms with Gasteiger partial charge in [0.25, 0.3) is 0 Å². The average molecular weight is 474 g/mol. The Morgan fingerprint density at radius 1 is 0.909 bits per heavy atom. The molecule has 0 saturated heterocycles. The largest absolute Gasteiger partial charge is 0.480 e. The molecule has 0 aliphatic carbocycles. The number of aliphatic carboxylic acids is 1. The van der Waals surface area contributed by atoms with Crippen LogP contribution < -0.4 is 0 Å². The summed E-state index contributed by atoms with van der Waals surface area (Å²) in [4.78, 5) is 11.0. The van der Waals surface area contributed by atoms with Gasteiger partial charge in [-0.15, -0.1) is 0 Å². The summed E-state index contributed by atoms with van der Waals surface area (Å²) >= 11 is 0. The van der Waals surface area contributed by atoms with Crippen LogP contribution in [0.1, 0.15) is 98.8 Å². The minimum absolute atomic E-state index is 0.0274. The molecule has 0 radical (unpaired) electrons. The van der Waals surface area contributed by atoms with Crippen molar-refractivity contribution in [2.45, 2.75) is 110 Å². The van der Waals surface area contributed by atoms with Crippen molar-refractivity contribution in [3.8, 4) is 0 Å². The molecule has 0 aromatic rings. The number of carboxylic acids is 1. The second-order valence-electron chi connectivity index (χ2n) is 9.41. The van der Waals surface area contributed by atoms with E-state index in [2.05, 4.69) is 6.92 Å². The molecule has 7 heteroatoms. The summed E-state index contributed by atoms with van der Waals surface area (Å²) in [6.45, 7) is 12.5. The summed E-state index contributed by atoms with van der Waals surface area (Å²) in [5.74, 6) is -0.927. The van der Waals surface area contributed by atoms with E-state index in [4.69, 9.17) is 29.5 Å². The first kappa shape index (κ1) is 32.0. The van der Waals surface area contributed by atoms with E-state index in [1.165, 1.54) is 44.7 Å². The van der Waals surface area contributed by atoms with Crippen molar-refractivity contribution in [3.63, 3.8) is 0 Å². The summed E-state index contributed by atoms with van der Waals surface area (Å²) in [6.07, 6.45) is 12.1. The van der Waals surface area contributed by atoms with Crippen molar-refractivity contribution in [1.29, 1.82) is 5.41 Å². The highest BCUT2D eigenvalue weighted by molar-refractivity contribution is 5.68. The molecular weight excluding hydrogens is 422 g/mol. The lowest BCUT2D eigenvalue weighted by Gasteiger charge is -2.37. The number of hydrogen-bond donors (Lipinski definition) is 2. The molecule has 33 heavy (non-hydrogen) atoms. The normalized spacial score (nSPS) is 13.2. The van der Waals surface area contributed by atoms with Crippen LogP contribution in [0.2, 0.25) is 0 Å². The van der Waals surface area contributed by atoms with Gasteiger partial charge in [-0.2, -0.15) is 0 Å². The lowest BCUT2D eigenvalue weighted by Crippen LogP contribution is -2.42. The third-order valence-corrected chi connectivity index (χ3v) is 6.54. The van der Waals surface area contributed by atoms with Crippen molar-refractivity contribution in [2.24, 2.45) is 5.92 Å². The minimum atomic E-state index is -0.955. The molecule has 196 valence electrons. The van der Waals surface area contributed by atoms with Crippen LogP contribution in [0, 0.1) is 11.3 Å². The molecule has 0 bridgehead atoms. The predicted octanol–water partition coefficient (Wildman–Crippen LogP) is 5.88. The van der Waals surface area contributed by atoms with Gasteiger partial charge in [0.05, 0.1) is 37.6 Å². The SMILES string of the molecule is CCCCCCCCCOCC(COCC=N)C(C)(C)OCCC(CC)(CC)OCC(=O)O. The zero-order chi connectivity index (χ0) is 25.0. The third kappa shape index (κ3) is 15.5. The molecular formula is C26H51NO6. The summed E-state index contributed by atoms with van der Waals surface area (Å²) in [5, 5.41) is 16.2. The molecule has 0 aliphatic heterocycles. The standard InChI is InChI=1S/C26H51NO6/c1-6-9-10-11-12-13-14-17-30-20-23(21-31-19-16-27)25(4,5)32-18-15-26(7-2,8-3)33-22-24(28)29/h16,23,27H,6-15,17-22H2,1-5H3,(H,28,29). The molecule has 0 spiro atoms. The Bertz CT molecular complexity index is 493. The molecule has 0 saturated carbocycles. The number of unbranched alkanes of at least 4 members (excludes halogenated alkanes) is 6. The number of hydrogen-bond acceptors (Lipinski definition) is 6. The van der Waals surface area contributed by atoms with Crippen molar-refractivity contribution < 1.29 is 28.8 Å². The van der Waals surface area contributed by atoms with Crippen LogP contribution in [-0.2, 0) is 23.7 Å². The Balaban J connectivity index is 4.60. The average Bonchev–Trinajstić information content (AvgIpc) is 2.79. The lowest BCUT2D eigenvalue weighted by molar-refractivity contribution is -0.156. The molecule has 0 aromatic carbocycles. The van der Waals surface area contributed by atoms with Gasteiger partial charge >= 0.3 is 5.97 Å². The summed E-state index contributed by atoms with van der Waals surface area (Å²) in [6, 6.07) is 0. The fourth-order valence-corrected chi connectivity index (χ4v) is 3.82. The van der Waals surface area contributed by atoms with E-state index in [0.29, 0.717) is 26.2 Å². The van der Waals surface area contributed by atoms with E-state index in [1.54, 1.807) is 0 Å². The number of carboxylic acid groups (broad SMARTS) is 1. The fourth-order valence-electron chi connectivity index (χ4n) is 3.82. The highest BCUT2D eigenvalue weighted by Crippen LogP contribution is 2.28. The van der Waals surface area contributed by atoms with Crippen molar-refractivity contribution >= 4 is 12.2 Å². The molecule has 0 rings (SSSR count). The van der Waals surface area contributed by atoms with Crippen LogP contribution in [0.3, 0.4) is 0 Å². The topological polar surface area (TPSA) is 98.1 Å². The van der Waals surface area contributed by atoms with Crippen LogP contribution in [0.15, 0.2) is 0 Å². The minimum Gasteiger partial charge on any atom is -0.480 e. The second-order valence-corrected chi connectivity index (χ2v) is 9.41. The van der Waals surface area contributed by atoms with Crippen LogP contribution >= 0.6 is 0 Å². The zero-order valence-electron chi connectivity index (χ0n) is 22.0. The van der Waals surface area contributed by atoms with E-state index in [0.717, 1.165) is 25.9 Å². The monoisotopic (exact) mass is 473 g/mol. The number of ether oxygens (including phenoxy) is 4. The molecule has 0 heterocycles. The van der Waals surface area contributed by atoms with Crippen molar-refractivity contribution in [2.75, 3.05) is 39.6 Å². The summed E-state index contributed by atoms with van der Waals surface area (Å²) in [5.41, 5.74) is -0.976. The molecule has 7 nitrogen and oxygen atoms in total. The van der Waals surface area contributed by atoms with E-state index in [9.17, 15) is 4.79 Å². The van der Waals surface area contributed by atoms with Gasteiger partial charge in [-0.3, -0.25) is 0 Å². The molecule has 1 unspecified atom stereocenters. The van der Waals surface area contributed by atoms with Gasteiger partial charge in [-0.1, -0.05) is 59.3 Å². The summed E-state index contributed by atoms with van der Waals surface area (Å²) < 4.78 is 23.6. The smallest absolute Gasteiger partial charge is 0.329 e. The second kappa shape index (κ2) is 19.3. The fraction of sp³-hybridized carbons (Fsp3) is 0.923. The molecule has 0 fully saturated rings. The van der Waals surface area contributed by atoms with Crippen LogP contribution in [0.4, 0.5) is 0 Å². The Hall–Kier alpha value is -1.02. The Kier molecular flexibility index (Phi) is 18.7. The lowest BCUT2D eigenvalue weighted by atomic mass is 9.90. The Morgan fingerprint density at radius 2 is 1.52 bits per heavy atom. The van der Waals surface area contributed by atoms with Gasteiger partial charge in [-0.05, 0) is 39.5 Å². The quantitative estimate of drug-likeness (QED) is 0.134. The van der Waals surface area contributed by atoms with E-state index in [-0.39, 0.29) is 19.1 Å². The van der Waals surface area contributed by atoms with Gasteiger partial charge in [-0.25, -0.2) is 4.79 Å². The van der Waals surface area contributed by atoms with Crippen LogP contribution in [0.25, 0.3) is 0 Å². The number of nitrogens with one attached hydrogen (secondary N) is 1. The molecule has 2 N–H and O–H groups in total. The third-order valence-electron chi connectivity index (χ3n) is 6.54. The van der Waals surface area contributed by atoms with E-state index in [1.807, 2.05) is 27.7 Å². The maximum Gasteiger partial charge on any atom is 0.329 e. The zero-order valence-corrected chi connectivity index (χ0v) is 22.0. The molecule has 0 aromatic heterocycles. The van der Waals surface area contributed by atoms with Gasteiger partial charge in [0, 0.05) is 18.7 Å². The number of rotatable bonds is 24. The maximum absolute atomic E-state index is 11.0. The van der Waals surface area contributed by atoms with Crippen molar-refractivity contribution in [3.05, 3.63) is 0 Å². The highest BCUT2D eigenvalue weighted by atomic mass is 16.5. The van der Waals surface area contributed by atoms with Gasteiger partial charge in [0.1, 0.15) is 6.61 Å². The first-order valence-corrected chi connectivity index (χ1v) is 12.9. The van der Waals surface area contributed by atoms with E-state index >= 15 is 0 Å². The summed E-state index contributed by atoms with van der Waals surface area (Å²) in [7, 11) is 0. The highest BCUT2D eigenvalue weighted by Gasteiger charge is 2.33. The maximum atomic E-state index is 11.0. The predicted molar refractivity (Wildman–Crippen MR) is 133 cm³/mol. The van der Waals surface area contributed by atoms with Gasteiger partial charge < -0.3 is 29.5 Å². The first-order valence-electron chi connectivity index (χ1n) is 12.9. The molecule has 0 aliphatic rings. The van der Waals surface area contributed by atoms with Crippen LogP contribution in [-0.4, -0.2) is 68.1 Å². The van der Waals surface area contributed by atoms with E-state index < -0.39 is 17.2 Å². The molecule has 1 atom stereocenters. The number of carbonyl (C=O) groups is 1. The Labute approximate surface area is 202 Å². The van der Waals surface area contributed by atoms with Crippen molar-refractivity contribution in [1.82, 2.24) is 0 Å². The van der Waals surface area contributed by atoms with Gasteiger partial charge in [0.15, 0.2) is 0 Å². The molecule has 0 amide bonds. The van der Waals surface area contributed by atoms with Crippen LogP contribution in [0.5, 0.6) is 0 Å².